The summed E-state index contributed by atoms with van der Waals surface area (Å²) in [7, 11) is 1.26. The summed E-state index contributed by atoms with van der Waals surface area (Å²) < 4.78 is 15.5. The molecule has 0 fully saturated rings. The zero-order chi connectivity index (χ0) is 22.5. The summed E-state index contributed by atoms with van der Waals surface area (Å²) in [4.78, 5) is 39.7. The van der Waals surface area contributed by atoms with Crippen molar-refractivity contribution < 1.29 is 28.6 Å². The number of carbonyl (C=O) groups excluding carboxylic acids is 3. The monoisotopic (exact) mass is 444 g/mol. The van der Waals surface area contributed by atoms with Gasteiger partial charge in [-0.2, -0.15) is 0 Å². The number of esters is 1. The highest BCUT2D eigenvalue weighted by molar-refractivity contribution is 7.18. The number of ether oxygens (including phenoxy) is 3. The quantitative estimate of drug-likeness (QED) is 0.517. The number of fused-ring (bicyclic) bond motifs is 1. The lowest BCUT2D eigenvalue weighted by molar-refractivity contribution is -0.111. The average Bonchev–Trinajstić information content (AvgIpc) is 3.36. The number of hydrogen-bond acceptors (Lipinski definition) is 7. The molecule has 2 amide bonds. The van der Waals surface area contributed by atoms with Crippen LogP contribution in [0.5, 0.6) is 11.5 Å². The van der Waals surface area contributed by atoms with Crippen LogP contribution in [0.1, 0.15) is 45.0 Å². The maximum absolute atomic E-state index is 12.8. The predicted molar refractivity (Wildman–Crippen MR) is 118 cm³/mol. The highest BCUT2D eigenvalue weighted by Crippen LogP contribution is 2.35. The Morgan fingerprint density at radius 1 is 1.19 bits per heavy atom. The fraction of sp³-hybridized carbons (Fsp3) is 0.318. The van der Waals surface area contributed by atoms with Gasteiger partial charge in [-0.3, -0.25) is 9.59 Å². The second kappa shape index (κ2) is 9.65. The number of thiophene rings is 1. The number of carbonyl (C=O) groups is 3. The third kappa shape index (κ3) is 4.72. The summed E-state index contributed by atoms with van der Waals surface area (Å²) in [5.41, 5.74) is 1.43. The van der Waals surface area contributed by atoms with Gasteiger partial charge in [0.15, 0.2) is 11.5 Å². The molecule has 2 aromatic rings. The van der Waals surface area contributed by atoms with E-state index in [1.54, 1.807) is 36.1 Å². The molecule has 0 spiro atoms. The number of amides is 2. The van der Waals surface area contributed by atoms with Crippen molar-refractivity contribution >= 4 is 40.2 Å². The van der Waals surface area contributed by atoms with Crippen molar-refractivity contribution in [1.29, 1.82) is 0 Å². The van der Waals surface area contributed by atoms with Crippen LogP contribution in [0.2, 0.25) is 0 Å². The molecule has 1 aromatic heterocycles. The van der Waals surface area contributed by atoms with Crippen LogP contribution < -0.4 is 14.8 Å². The van der Waals surface area contributed by atoms with Gasteiger partial charge in [-0.25, -0.2) is 4.79 Å². The van der Waals surface area contributed by atoms with Gasteiger partial charge < -0.3 is 24.4 Å². The molecule has 0 unspecified atom stereocenters. The topological polar surface area (TPSA) is 94.2 Å². The first-order valence-electron chi connectivity index (χ1n) is 9.79. The molecule has 1 N–H and O–H groups in total. The summed E-state index contributed by atoms with van der Waals surface area (Å²) in [6, 6.07) is 5.33. The zero-order valence-electron chi connectivity index (χ0n) is 17.8. The largest absolute Gasteiger partial charge is 0.465 e. The van der Waals surface area contributed by atoms with Crippen LogP contribution in [0.3, 0.4) is 0 Å². The SMILES string of the molecule is CCN(CC)C(=O)c1sc(NC(=O)/C=C\c2ccc3c(c2)OCO3)c(C(=O)OC)c1C. The van der Waals surface area contributed by atoms with Crippen LogP contribution in [-0.2, 0) is 9.53 Å². The van der Waals surface area contributed by atoms with Gasteiger partial charge in [-0.1, -0.05) is 6.07 Å². The van der Waals surface area contributed by atoms with Crippen molar-refractivity contribution in [2.24, 2.45) is 0 Å². The van der Waals surface area contributed by atoms with Crippen LogP contribution in [0.4, 0.5) is 5.00 Å². The maximum atomic E-state index is 12.8. The van der Waals surface area contributed by atoms with E-state index >= 15 is 0 Å². The van der Waals surface area contributed by atoms with Gasteiger partial charge in [0, 0.05) is 19.2 Å². The van der Waals surface area contributed by atoms with Crippen LogP contribution in [0.15, 0.2) is 24.3 Å². The van der Waals surface area contributed by atoms with Crippen LogP contribution in [0.25, 0.3) is 6.08 Å². The molecule has 3 rings (SSSR count). The Kier molecular flexibility index (Phi) is 6.96. The Bertz CT molecular complexity index is 1040. The first kappa shape index (κ1) is 22.4. The average molecular weight is 445 g/mol. The van der Waals surface area contributed by atoms with Crippen molar-refractivity contribution in [1.82, 2.24) is 4.90 Å². The normalized spacial score (nSPS) is 12.1. The molecule has 1 aliphatic rings. The third-order valence-electron chi connectivity index (χ3n) is 4.84. The Balaban J connectivity index is 1.83. The zero-order valence-corrected chi connectivity index (χ0v) is 18.6. The molecule has 1 aromatic carbocycles. The lowest BCUT2D eigenvalue weighted by Gasteiger charge is -2.17. The van der Waals surface area contributed by atoms with E-state index in [2.05, 4.69) is 5.32 Å². The number of methoxy groups -OCH3 is 1. The minimum atomic E-state index is -0.609. The smallest absolute Gasteiger partial charge is 0.341 e. The molecule has 0 saturated heterocycles. The molecule has 0 saturated carbocycles. The van der Waals surface area contributed by atoms with Gasteiger partial charge in [0.1, 0.15) is 5.00 Å². The molecule has 8 nitrogen and oxygen atoms in total. The van der Waals surface area contributed by atoms with E-state index in [9.17, 15) is 14.4 Å². The number of rotatable bonds is 7. The first-order chi connectivity index (χ1) is 14.9. The van der Waals surface area contributed by atoms with Crippen molar-refractivity contribution in [2.75, 3.05) is 32.3 Å². The Labute approximate surface area is 184 Å². The van der Waals surface area contributed by atoms with Gasteiger partial charge >= 0.3 is 5.97 Å². The maximum Gasteiger partial charge on any atom is 0.341 e. The number of nitrogens with one attached hydrogen (secondary N) is 1. The van der Waals surface area contributed by atoms with Crippen molar-refractivity contribution in [3.63, 3.8) is 0 Å². The van der Waals surface area contributed by atoms with Gasteiger partial charge in [0.05, 0.1) is 17.6 Å². The molecule has 2 heterocycles. The van der Waals surface area contributed by atoms with E-state index in [-0.39, 0.29) is 23.3 Å². The molecule has 0 radical (unpaired) electrons. The highest BCUT2D eigenvalue weighted by Gasteiger charge is 2.27. The Morgan fingerprint density at radius 2 is 1.90 bits per heavy atom. The van der Waals surface area contributed by atoms with E-state index in [4.69, 9.17) is 14.2 Å². The molecular formula is C22H24N2O6S. The van der Waals surface area contributed by atoms with E-state index in [1.165, 1.54) is 13.2 Å². The molecule has 31 heavy (non-hydrogen) atoms. The summed E-state index contributed by atoms with van der Waals surface area (Å²) in [5, 5.41) is 2.98. The fourth-order valence-corrected chi connectivity index (χ4v) is 4.32. The second-order valence-corrected chi connectivity index (χ2v) is 7.69. The number of hydrogen-bond donors (Lipinski definition) is 1. The summed E-state index contributed by atoms with van der Waals surface area (Å²) in [5.74, 6) is 0.0371. The molecule has 9 heteroatoms. The molecule has 0 bridgehead atoms. The predicted octanol–water partition coefficient (Wildman–Crippen LogP) is 3.71. The number of benzene rings is 1. The van der Waals surface area contributed by atoms with E-state index in [0.717, 1.165) is 16.9 Å². The van der Waals surface area contributed by atoms with Gasteiger partial charge in [0.25, 0.3) is 5.91 Å². The van der Waals surface area contributed by atoms with E-state index in [1.807, 2.05) is 13.8 Å². The molecule has 0 aliphatic carbocycles. The van der Waals surface area contributed by atoms with E-state index in [0.29, 0.717) is 35.0 Å². The van der Waals surface area contributed by atoms with Crippen molar-refractivity contribution in [2.45, 2.75) is 20.8 Å². The molecule has 164 valence electrons. The van der Waals surface area contributed by atoms with Crippen LogP contribution in [0, 0.1) is 6.92 Å². The van der Waals surface area contributed by atoms with Crippen LogP contribution >= 0.6 is 11.3 Å². The van der Waals surface area contributed by atoms with Gasteiger partial charge in [0.2, 0.25) is 12.7 Å². The summed E-state index contributed by atoms with van der Waals surface area (Å²) in [6.07, 6.45) is 2.97. The minimum absolute atomic E-state index is 0.172. The summed E-state index contributed by atoms with van der Waals surface area (Å²) >= 11 is 1.07. The van der Waals surface area contributed by atoms with Gasteiger partial charge in [-0.05, 0) is 50.1 Å². The standard InChI is InChI=1S/C22H24N2O6S/c1-5-24(6-2)21(26)19-13(3)18(22(27)28-4)20(31-19)23-17(25)10-8-14-7-9-15-16(11-14)30-12-29-15/h7-11H,5-6,12H2,1-4H3,(H,23,25)/b10-8-. The fourth-order valence-electron chi connectivity index (χ4n) is 3.15. The molecular weight excluding hydrogens is 420 g/mol. The van der Waals surface area contributed by atoms with Crippen molar-refractivity contribution in [3.05, 3.63) is 45.8 Å². The first-order valence-corrected chi connectivity index (χ1v) is 10.6. The number of anilines is 1. The lowest BCUT2D eigenvalue weighted by Crippen LogP contribution is -2.30. The Hall–Kier alpha value is -3.33. The van der Waals surface area contributed by atoms with Crippen LogP contribution in [-0.4, -0.2) is 49.7 Å². The molecule has 0 atom stereocenters. The number of nitrogens with zero attached hydrogens (tertiary/aromatic N) is 1. The third-order valence-corrected chi connectivity index (χ3v) is 6.04. The highest BCUT2D eigenvalue weighted by atomic mass is 32.1. The van der Waals surface area contributed by atoms with Crippen molar-refractivity contribution in [3.8, 4) is 11.5 Å². The lowest BCUT2D eigenvalue weighted by atomic mass is 10.1. The molecule has 1 aliphatic heterocycles. The summed E-state index contributed by atoms with van der Waals surface area (Å²) in [6.45, 7) is 6.70. The van der Waals surface area contributed by atoms with E-state index < -0.39 is 11.9 Å². The minimum Gasteiger partial charge on any atom is -0.465 e. The second-order valence-electron chi connectivity index (χ2n) is 6.66. The van der Waals surface area contributed by atoms with Gasteiger partial charge in [-0.15, -0.1) is 11.3 Å². The Morgan fingerprint density at radius 3 is 2.58 bits per heavy atom.